The maximum atomic E-state index is 12.3. The lowest BCUT2D eigenvalue weighted by Gasteiger charge is -2.57. The molecule has 0 atom stereocenters. The van der Waals surface area contributed by atoms with Crippen LogP contribution in [0.4, 0.5) is 5.69 Å². The van der Waals surface area contributed by atoms with Gasteiger partial charge in [0.15, 0.2) is 0 Å². The Labute approximate surface area is 173 Å². The lowest BCUT2D eigenvalue weighted by Crippen LogP contribution is -2.58. The van der Waals surface area contributed by atoms with Gasteiger partial charge in [-0.2, -0.15) is 0 Å². The summed E-state index contributed by atoms with van der Waals surface area (Å²) in [5, 5.41) is 8.12. The number of aromatic amines is 1. The number of H-pyrrole nitrogens is 1. The molecule has 4 aliphatic rings. The average Bonchev–Trinajstić information content (AvgIpc) is 2.65. The number of anilines is 1. The van der Waals surface area contributed by atoms with E-state index in [9.17, 15) is 4.79 Å². The molecule has 29 heavy (non-hydrogen) atoms. The minimum atomic E-state index is -0.0598. The van der Waals surface area contributed by atoms with Gasteiger partial charge in [0, 0.05) is 17.8 Å². The van der Waals surface area contributed by atoms with Gasteiger partial charge in [-0.1, -0.05) is 12.5 Å². The molecule has 4 fully saturated rings. The second kappa shape index (κ2) is 7.75. The van der Waals surface area contributed by atoms with Crippen molar-refractivity contribution < 1.29 is 0 Å². The van der Waals surface area contributed by atoms with E-state index in [0.717, 1.165) is 48.5 Å². The molecule has 0 spiro atoms. The fourth-order valence-electron chi connectivity index (χ4n) is 6.79. The van der Waals surface area contributed by atoms with E-state index in [-0.39, 0.29) is 5.56 Å². The molecule has 5 heteroatoms. The van der Waals surface area contributed by atoms with Crippen LogP contribution >= 0.6 is 0 Å². The molecule has 0 amide bonds. The number of rotatable bonds is 8. The zero-order valence-electron chi connectivity index (χ0n) is 17.6. The number of aryl methyl sites for hydroxylation is 1. The summed E-state index contributed by atoms with van der Waals surface area (Å²) in [4.78, 5) is 19.6. The van der Waals surface area contributed by atoms with Gasteiger partial charge in [0.25, 0.3) is 5.56 Å². The summed E-state index contributed by atoms with van der Waals surface area (Å²) in [5.74, 6) is 3.70. The lowest BCUT2D eigenvalue weighted by atomic mass is 9.53. The fraction of sp³-hybridized carbons (Fsp3) is 0.667. The Bertz CT molecular complexity index is 899. The SMILES string of the molecule is Cc1nc2cccc(NCCCCCNC34CC5CC(CC(C5)C3)C4)c2c(=O)[nH]1. The van der Waals surface area contributed by atoms with E-state index >= 15 is 0 Å². The number of hydrogen-bond donors (Lipinski definition) is 3. The first kappa shape index (κ1) is 19.1. The number of nitrogens with zero attached hydrogens (tertiary/aromatic N) is 1. The van der Waals surface area contributed by atoms with Crippen molar-refractivity contribution in [3.8, 4) is 0 Å². The molecule has 3 N–H and O–H groups in total. The van der Waals surface area contributed by atoms with Crippen molar-refractivity contribution in [3.63, 3.8) is 0 Å². The summed E-state index contributed by atoms with van der Waals surface area (Å²) >= 11 is 0. The predicted molar refractivity (Wildman–Crippen MR) is 118 cm³/mol. The van der Waals surface area contributed by atoms with Gasteiger partial charge in [-0.25, -0.2) is 4.98 Å². The van der Waals surface area contributed by atoms with Crippen molar-refractivity contribution in [3.05, 3.63) is 34.4 Å². The van der Waals surface area contributed by atoms with Crippen LogP contribution < -0.4 is 16.2 Å². The predicted octanol–water partition coefficient (Wildman–Crippen LogP) is 4.37. The summed E-state index contributed by atoms with van der Waals surface area (Å²) in [5.41, 5.74) is 2.08. The topological polar surface area (TPSA) is 69.8 Å². The number of fused-ring (bicyclic) bond motifs is 1. The second-order valence-electron chi connectivity index (χ2n) is 9.96. The standard InChI is InChI=1S/C24H34N4O/c1-16-27-21-7-5-6-20(22(21)23(29)28-16)25-8-3-2-4-9-26-24-13-17-10-18(14-24)12-19(11-17)15-24/h5-7,17-19,25-26H,2-4,8-15H2,1H3,(H,27,28,29). The van der Waals surface area contributed by atoms with Crippen molar-refractivity contribution >= 4 is 16.6 Å². The maximum absolute atomic E-state index is 12.3. The van der Waals surface area contributed by atoms with Gasteiger partial charge in [-0.05, 0) is 94.7 Å². The van der Waals surface area contributed by atoms with Gasteiger partial charge in [-0.15, -0.1) is 0 Å². The molecular weight excluding hydrogens is 360 g/mol. The minimum Gasteiger partial charge on any atom is -0.384 e. The van der Waals surface area contributed by atoms with Crippen LogP contribution in [0.5, 0.6) is 0 Å². The van der Waals surface area contributed by atoms with Crippen molar-refractivity contribution in [2.45, 2.75) is 70.3 Å². The summed E-state index contributed by atoms with van der Waals surface area (Å²) in [6.45, 7) is 3.87. The molecule has 1 aromatic heterocycles. The molecule has 4 aliphatic carbocycles. The molecule has 4 bridgehead atoms. The number of benzene rings is 1. The van der Waals surface area contributed by atoms with Crippen LogP contribution in [0, 0.1) is 24.7 Å². The Hall–Kier alpha value is -1.88. The van der Waals surface area contributed by atoms with Crippen LogP contribution in [-0.4, -0.2) is 28.6 Å². The highest BCUT2D eigenvalue weighted by Crippen LogP contribution is 2.55. The number of nitrogens with one attached hydrogen (secondary N) is 3. The lowest BCUT2D eigenvalue weighted by molar-refractivity contribution is -0.0196. The van der Waals surface area contributed by atoms with E-state index in [4.69, 9.17) is 0 Å². The number of aromatic nitrogens is 2. The first-order valence-electron chi connectivity index (χ1n) is 11.6. The molecule has 0 aliphatic heterocycles. The summed E-state index contributed by atoms with van der Waals surface area (Å²) in [6, 6.07) is 5.84. The zero-order valence-corrected chi connectivity index (χ0v) is 17.6. The fourth-order valence-corrected chi connectivity index (χ4v) is 6.79. The minimum absolute atomic E-state index is 0.0598. The Morgan fingerprint density at radius 1 is 1.03 bits per heavy atom. The molecule has 6 rings (SSSR count). The number of unbranched alkanes of at least 4 members (excludes halogenated alkanes) is 2. The van der Waals surface area contributed by atoms with Crippen molar-refractivity contribution in [1.82, 2.24) is 15.3 Å². The van der Waals surface area contributed by atoms with Gasteiger partial charge in [0.05, 0.1) is 10.9 Å². The van der Waals surface area contributed by atoms with Crippen LogP contribution in [0.3, 0.4) is 0 Å². The normalized spacial score (nSPS) is 30.2. The molecule has 156 valence electrons. The third-order valence-corrected chi connectivity index (χ3v) is 7.56. The van der Waals surface area contributed by atoms with E-state index in [2.05, 4.69) is 20.6 Å². The maximum Gasteiger partial charge on any atom is 0.260 e. The molecule has 2 aromatic rings. The highest BCUT2D eigenvalue weighted by Gasteiger charge is 2.50. The molecule has 0 saturated heterocycles. The van der Waals surface area contributed by atoms with Crippen LogP contribution in [0.25, 0.3) is 10.9 Å². The van der Waals surface area contributed by atoms with Crippen molar-refractivity contribution in [2.75, 3.05) is 18.4 Å². The van der Waals surface area contributed by atoms with Gasteiger partial charge >= 0.3 is 0 Å². The Morgan fingerprint density at radius 2 is 1.72 bits per heavy atom. The quantitative estimate of drug-likeness (QED) is 0.582. The molecule has 0 unspecified atom stereocenters. The van der Waals surface area contributed by atoms with Crippen LogP contribution in [0.15, 0.2) is 23.0 Å². The highest BCUT2D eigenvalue weighted by atomic mass is 16.1. The molecular formula is C24H34N4O. The number of hydrogen-bond acceptors (Lipinski definition) is 4. The Morgan fingerprint density at radius 3 is 2.45 bits per heavy atom. The molecule has 1 aromatic carbocycles. The summed E-state index contributed by atoms with van der Waals surface area (Å²) < 4.78 is 0. The largest absolute Gasteiger partial charge is 0.384 e. The Balaban J connectivity index is 1.07. The van der Waals surface area contributed by atoms with Crippen molar-refractivity contribution in [2.24, 2.45) is 17.8 Å². The average molecular weight is 395 g/mol. The zero-order chi connectivity index (χ0) is 19.8. The second-order valence-corrected chi connectivity index (χ2v) is 9.96. The third kappa shape index (κ3) is 3.94. The highest BCUT2D eigenvalue weighted by molar-refractivity contribution is 5.90. The molecule has 5 nitrogen and oxygen atoms in total. The monoisotopic (exact) mass is 394 g/mol. The first-order chi connectivity index (χ1) is 14.1. The summed E-state index contributed by atoms with van der Waals surface area (Å²) in [6.07, 6.45) is 12.4. The van der Waals surface area contributed by atoms with E-state index in [1.165, 1.54) is 51.4 Å². The molecule has 0 radical (unpaired) electrons. The van der Waals surface area contributed by atoms with E-state index in [1.54, 1.807) is 0 Å². The van der Waals surface area contributed by atoms with Gasteiger partial charge < -0.3 is 15.6 Å². The van der Waals surface area contributed by atoms with Crippen LogP contribution in [-0.2, 0) is 0 Å². The van der Waals surface area contributed by atoms with E-state index < -0.39 is 0 Å². The third-order valence-electron chi connectivity index (χ3n) is 7.56. The Kier molecular flexibility index (Phi) is 5.10. The molecule has 4 saturated carbocycles. The van der Waals surface area contributed by atoms with Crippen molar-refractivity contribution in [1.29, 1.82) is 0 Å². The van der Waals surface area contributed by atoms with E-state index in [1.807, 2.05) is 25.1 Å². The van der Waals surface area contributed by atoms with E-state index in [0.29, 0.717) is 16.7 Å². The smallest absolute Gasteiger partial charge is 0.260 e. The van der Waals surface area contributed by atoms with Gasteiger partial charge in [0.2, 0.25) is 0 Å². The van der Waals surface area contributed by atoms with Crippen LogP contribution in [0.2, 0.25) is 0 Å². The molecule has 1 heterocycles. The van der Waals surface area contributed by atoms with Gasteiger partial charge in [0.1, 0.15) is 5.82 Å². The summed E-state index contributed by atoms with van der Waals surface area (Å²) in [7, 11) is 0. The van der Waals surface area contributed by atoms with Crippen LogP contribution in [0.1, 0.15) is 63.6 Å². The van der Waals surface area contributed by atoms with Gasteiger partial charge in [-0.3, -0.25) is 4.79 Å². The first-order valence-corrected chi connectivity index (χ1v) is 11.6.